The van der Waals surface area contributed by atoms with E-state index in [1.807, 2.05) is 38.4 Å². The molecule has 0 aromatic heterocycles. The summed E-state index contributed by atoms with van der Waals surface area (Å²) in [5.74, 6) is 0.608. The Labute approximate surface area is 108 Å². The van der Waals surface area contributed by atoms with E-state index >= 15 is 0 Å². The van der Waals surface area contributed by atoms with Crippen molar-refractivity contribution in [2.24, 2.45) is 0 Å². The number of esters is 1. The van der Waals surface area contributed by atoms with Crippen LogP contribution in [0.15, 0.2) is 24.3 Å². The van der Waals surface area contributed by atoms with Crippen molar-refractivity contribution in [3.63, 3.8) is 0 Å². The molecule has 0 aliphatic rings. The van der Waals surface area contributed by atoms with Crippen molar-refractivity contribution in [2.45, 2.75) is 12.8 Å². The van der Waals surface area contributed by atoms with E-state index in [1.54, 1.807) is 7.11 Å². The molecule has 0 radical (unpaired) electrons. The first-order chi connectivity index (χ1) is 8.61. The van der Waals surface area contributed by atoms with Crippen molar-refractivity contribution in [3.05, 3.63) is 29.8 Å². The molecule has 0 amide bonds. The van der Waals surface area contributed by atoms with Crippen molar-refractivity contribution >= 4 is 5.97 Å². The van der Waals surface area contributed by atoms with E-state index < -0.39 is 0 Å². The first kappa shape index (κ1) is 14.5. The smallest absolute Gasteiger partial charge is 0.310 e. The number of rotatable bonds is 7. The van der Waals surface area contributed by atoms with Crippen LogP contribution in [0.3, 0.4) is 0 Å². The Morgan fingerprint density at radius 3 is 2.44 bits per heavy atom. The number of carbonyl (C=O) groups excluding carboxylic acids is 1. The van der Waals surface area contributed by atoms with Gasteiger partial charge in [0.15, 0.2) is 0 Å². The summed E-state index contributed by atoms with van der Waals surface area (Å²) in [7, 11) is 5.62. The fourth-order valence-electron chi connectivity index (χ4n) is 1.53. The molecular weight excluding hydrogens is 230 g/mol. The largest absolute Gasteiger partial charge is 0.497 e. The van der Waals surface area contributed by atoms with Crippen LogP contribution in [0.1, 0.15) is 12.0 Å². The predicted molar refractivity (Wildman–Crippen MR) is 70.8 cm³/mol. The topological polar surface area (TPSA) is 38.8 Å². The Hall–Kier alpha value is -1.55. The van der Waals surface area contributed by atoms with Crippen LogP contribution in [0.4, 0.5) is 0 Å². The van der Waals surface area contributed by atoms with Gasteiger partial charge in [-0.2, -0.15) is 0 Å². The lowest BCUT2D eigenvalue weighted by atomic mass is 10.1. The van der Waals surface area contributed by atoms with E-state index in [0.717, 1.165) is 24.3 Å². The van der Waals surface area contributed by atoms with Gasteiger partial charge in [0.05, 0.1) is 20.1 Å². The predicted octanol–water partition coefficient (Wildman–Crippen LogP) is 1.73. The zero-order valence-corrected chi connectivity index (χ0v) is 11.3. The zero-order chi connectivity index (χ0) is 13.4. The Bertz CT molecular complexity index is 360. The number of hydrogen-bond donors (Lipinski definition) is 0. The second-order valence-corrected chi connectivity index (χ2v) is 4.40. The number of benzene rings is 1. The van der Waals surface area contributed by atoms with Crippen LogP contribution in [0.2, 0.25) is 0 Å². The van der Waals surface area contributed by atoms with E-state index in [2.05, 4.69) is 4.90 Å². The molecule has 0 heterocycles. The lowest BCUT2D eigenvalue weighted by Crippen LogP contribution is -2.16. The minimum absolute atomic E-state index is 0.182. The second-order valence-electron chi connectivity index (χ2n) is 4.40. The number of nitrogens with zero attached hydrogens (tertiary/aromatic N) is 1. The van der Waals surface area contributed by atoms with E-state index in [-0.39, 0.29) is 5.97 Å². The average Bonchev–Trinajstić information content (AvgIpc) is 2.35. The first-order valence-corrected chi connectivity index (χ1v) is 6.05. The molecule has 0 atom stereocenters. The highest BCUT2D eigenvalue weighted by atomic mass is 16.5. The summed E-state index contributed by atoms with van der Waals surface area (Å²) in [6.45, 7) is 1.41. The molecule has 1 rings (SSSR count). The third-order valence-corrected chi connectivity index (χ3v) is 2.52. The van der Waals surface area contributed by atoms with Gasteiger partial charge in [0.1, 0.15) is 5.75 Å². The highest BCUT2D eigenvalue weighted by Gasteiger charge is 2.05. The third kappa shape index (κ3) is 5.68. The van der Waals surface area contributed by atoms with E-state index in [0.29, 0.717) is 13.0 Å². The molecule has 0 unspecified atom stereocenters. The molecule has 0 bridgehead atoms. The molecule has 18 heavy (non-hydrogen) atoms. The molecule has 0 N–H and O–H groups in total. The quantitative estimate of drug-likeness (QED) is 0.546. The number of carbonyl (C=O) groups is 1. The Morgan fingerprint density at radius 1 is 1.22 bits per heavy atom. The molecule has 1 aromatic rings. The second kappa shape index (κ2) is 7.71. The van der Waals surface area contributed by atoms with Crippen molar-refractivity contribution in [3.8, 4) is 5.75 Å². The average molecular weight is 251 g/mol. The Balaban J connectivity index is 2.26. The van der Waals surface area contributed by atoms with Crippen molar-refractivity contribution in [1.82, 2.24) is 4.90 Å². The van der Waals surface area contributed by atoms with Gasteiger partial charge in [-0.3, -0.25) is 4.79 Å². The first-order valence-electron chi connectivity index (χ1n) is 6.05. The molecule has 0 fully saturated rings. The molecule has 0 aliphatic carbocycles. The molecule has 0 saturated carbocycles. The molecule has 100 valence electrons. The SMILES string of the molecule is COc1ccc(CC(=O)OCCCN(C)C)cc1. The number of methoxy groups -OCH3 is 1. The van der Waals surface area contributed by atoms with Crippen molar-refractivity contribution in [1.29, 1.82) is 0 Å². The van der Waals surface area contributed by atoms with Crippen molar-refractivity contribution in [2.75, 3.05) is 34.4 Å². The monoisotopic (exact) mass is 251 g/mol. The fourth-order valence-corrected chi connectivity index (χ4v) is 1.53. The molecular formula is C14H21NO3. The van der Waals surface area contributed by atoms with Gasteiger partial charge in [-0.15, -0.1) is 0 Å². The molecule has 0 aliphatic heterocycles. The van der Waals surface area contributed by atoms with Gasteiger partial charge in [0.25, 0.3) is 0 Å². The van der Waals surface area contributed by atoms with Gasteiger partial charge in [-0.05, 0) is 38.2 Å². The molecule has 0 spiro atoms. The van der Waals surface area contributed by atoms with Crippen molar-refractivity contribution < 1.29 is 14.3 Å². The molecule has 1 aromatic carbocycles. The molecule has 4 heteroatoms. The van der Waals surface area contributed by atoms with E-state index in [1.165, 1.54) is 0 Å². The summed E-state index contributed by atoms with van der Waals surface area (Å²) >= 11 is 0. The maximum atomic E-state index is 11.5. The zero-order valence-electron chi connectivity index (χ0n) is 11.3. The third-order valence-electron chi connectivity index (χ3n) is 2.52. The summed E-state index contributed by atoms with van der Waals surface area (Å²) in [6.07, 6.45) is 1.17. The van der Waals surface area contributed by atoms with E-state index in [4.69, 9.17) is 9.47 Å². The number of hydrogen-bond acceptors (Lipinski definition) is 4. The summed E-state index contributed by atoms with van der Waals surface area (Å²) in [4.78, 5) is 13.6. The Morgan fingerprint density at radius 2 is 1.89 bits per heavy atom. The van der Waals surface area contributed by atoms with Crippen LogP contribution < -0.4 is 4.74 Å². The van der Waals surface area contributed by atoms with Crippen LogP contribution in [0, 0.1) is 0 Å². The summed E-state index contributed by atoms with van der Waals surface area (Å²) in [5, 5.41) is 0. The highest BCUT2D eigenvalue weighted by molar-refractivity contribution is 5.72. The standard InChI is InChI=1S/C14H21NO3/c1-15(2)9-4-10-18-14(16)11-12-5-7-13(17-3)8-6-12/h5-8H,4,9-11H2,1-3H3. The van der Waals surface area contributed by atoms with Gasteiger partial charge in [-0.1, -0.05) is 12.1 Å². The summed E-state index contributed by atoms with van der Waals surface area (Å²) in [5.41, 5.74) is 0.938. The van der Waals surface area contributed by atoms with Crippen LogP contribution >= 0.6 is 0 Å². The van der Waals surface area contributed by atoms with Crippen LogP contribution in [0.25, 0.3) is 0 Å². The van der Waals surface area contributed by atoms with Gasteiger partial charge in [0.2, 0.25) is 0 Å². The fraction of sp³-hybridized carbons (Fsp3) is 0.500. The molecule has 0 saturated heterocycles. The van der Waals surface area contributed by atoms with Gasteiger partial charge in [-0.25, -0.2) is 0 Å². The van der Waals surface area contributed by atoms with Gasteiger partial charge >= 0.3 is 5.97 Å². The minimum atomic E-state index is -0.182. The summed E-state index contributed by atoms with van der Waals surface area (Å²) < 4.78 is 10.2. The maximum Gasteiger partial charge on any atom is 0.310 e. The van der Waals surface area contributed by atoms with Crippen LogP contribution in [0.5, 0.6) is 5.75 Å². The minimum Gasteiger partial charge on any atom is -0.497 e. The normalized spacial score (nSPS) is 10.4. The molecule has 4 nitrogen and oxygen atoms in total. The Kier molecular flexibility index (Phi) is 6.22. The number of ether oxygens (including phenoxy) is 2. The lowest BCUT2D eigenvalue weighted by Gasteiger charge is -2.09. The lowest BCUT2D eigenvalue weighted by molar-refractivity contribution is -0.143. The van der Waals surface area contributed by atoms with E-state index in [9.17, 15) is 4.79 Å². The highest BCUT2D eigenvalue weighted by Crippen LogP contribution is 2.11. The van der Waals surface area contributed by atoms with Crippen LogP contribution in [-0.2, 0) is 16.0 Å². The van der Waals surface area contributed by atoms with Gasteiger partial charge in [0, 0.05) is 6.54 Å². The van der Waals surface area contributed by atoms with Crippen LogP contribution in [-0.4, -0.2) is 45.2 Å². The van der Waals surface area contributed by atoms with Gasteiger partial charge < -0.3 is 14.4 Å². The maximum absolute atomic E-state index is 11.5. The summed E-state index contributed by atoms with van der Waals surface area (Å²) in [6, 6.07) is 7.43.